The Morgan fingerprint density at radius 2 is 2.19 bits per heavy atom. The highest BCUT2D eigenvalue weighted by Crippen LogP contribution is 2.26. The highest BCUT2D eigenvalue weighted by atomic mass is 32.2. The molecule has 0 saturated carbocycles. The van der Waals surface area contributed by atoms with Crippen LogP contribution in [0.1, 0.15) is 32.6 Å². The van der Waals surface area contributed by atoms with Gasteiger partial charge in [-0.15, -0.1) is 0 Å². The molecule has 3 atom stereocenters. The zero-order valence-electron chi connectivity index (χ0n) is 12.2. The van der Waals surface area contributed by atoms with E-state index >= 15 is 0 Å². The van der Waals surface area contributed by atoms with E-state index in [-0.39, 0.29) is 30.9 Å². The third kappa shape index (κ3) is 4.15. The van der Waals surface area contributed by atoms with Crippen LogP contribution in [-0.2, 0) is 24.3 Å². The second-order valence-electron chi connectivity index (χ2n) is 5.50. The Morgan fingerprint density at radius 1 is 1.43 bits per heavy atom. The summed E-state index contributed by atoms with van der Waals surface area (Å²) >= 11 is 0. The van der Waals surface area contributed by atoms with E-state index < -0.39 is 22.0 Å². The Morgan fingerprint density at radius 3 is 2.76 bits per heavy atom. The number of sulfonamides is 1. The van der Waals surface area contributed by atoms with Gasteiger partial charge in [-0.05, 0) is 26.2 Å². The molecule has 2 aliphatic heterocycles. The molecule has 8 heteroatoms. The lowest BCUT2D eigenvalue weighted by Crippen LogP contribution is -2.44. The molecule has 7 nitrogen and oxygen atoms in total. The molecule has 21 heavy (non-hydrogen) atoms. The maximum atomic E-state index is 12.5. The quantitative estimate of drug-likeness (QED) is 0.763. The predicted octanol–water partition coefficient (Wildman–Crippen LogP) is 0.449. The molecule has 2 aliphatic rings. The van der Waals surface area contributed by atoms with Gasteiger partial charge >= 0.3 is 5.97 Å². The number of carboxylic acid groups (broad SMARTS) is 1. The molecule has 2 rings (SSSR count). The zero-order valence-corrected chi connectivity index (χ0v) is 13.0. The molecule has 0 aromatic rings. The third-order valence-electron chi connectivity index (χ3n) is 3.93. The van der Waals surface area contributed by atoms with Gasteiger partial charge in [0.15, 0.2) is 0 Å². The highest BCUT2D eigenvalue weighted by Gasteiger charge is 2.44. The maximum absolute atomic E-state index is 12.5. The summed E-state index contributed by atoms with van der Waals surface area (Å²) in [6.07, 6.45) is 2.13. The number of nitrogens with zero attached hydrogens (tertiary/aromatic N) is 1. The first-order chi connectivity index (χ1) is 9.94. The van der Waals surface area contributed by atoms with Gasteiger partial charge in [-0.25, -0.2) is 8.42 Å². The van der Waals surface area contributed by atoms with Crippen LogP contribution in [-0.4, -0.2) is 67.6 Å². The molecule has 0 spiro atoms. The van der Waals surface area contributed by atoms with Gasteiger partial charge in [0, 0.05) is 26.2 Å². The minimum absolute atomic E-state index is 0.111. The lowest BCUT2D eigenvalue weighted by atomic mass is 10.1. The number of carboxylic acids is 1. The van der Waals surface area contributed by atoms with Crippen LogP contribution in [0.2, 0.25) is 0 Å². The van der Waals surface area contributed by atoms with Gasteiger partial charge in [-0.3, -0.25) is 4.79 Å². The maximum Gasteiger partial charge on any atom is 0.322 e. The first-order valence-electron chi connectivity index (χ1n) is 7.39. The summed E-state index contributed by atoms with van der Waals surface area (Å²) in [5.41, 5.74) is 0. The summed E-state index contributed by atoms with van der Waals surface area (Å²) in [5, 5.41) is 9.25. The van der Waals surface area contributed by atoms with Gasteiger partial charge in [-0.2, -0.15) is 4.31 Å². The van der Waals surface area contributed by atoms with Crippen LogP contribution in [0.5, 0.6) is 0 Å². The number of rotatable bonds is 6. The Balaban J connectivity index is 2.06. The minimum atomic E-state index is -3.66. The summed E-state index contributed by atoms with van der Waals surface area (Å²) in [7, 11) is -3.66. The van der Waals surface area contributed by atoms with Crippen molar-refractivity contribution in [3.8, 4) is 0 Å². The lowest BCUT2D eigenvalue weighted by molar-refractivity contribution is -0.140. The van der Waals surface area contributed by atoms with E-state index in [2.05, 4.69) is 0 Å². The van der Waals surface area contributed by atoms with Gasteiger partial charge in [0.2, 0.25) is 10.0 Å². The van der Waals surface area contributed by atoms with Crippen LogP contribution in [0.25, 0.3) is 0 Å². The number of hydrogen-bond acceptors (Lipinski definition) is 5. The topological polar surface area (TPSA) is 93.1 Å². The number of carbonyl (C=O) groups is 1. The van der Waals surface area contributed by atoms with Crippen LogP contribution in [0.4, 0.5) is 0 Å². The van der Waals surface area contributed by atoms with Gasteiger partial charge in [0.25, 0.3) is 0 Å². The smallest absolute Gasteiger partial charge is 0.322 e. The van der Waals surface area contributed by atoms with Crippen molar-refractivity contribution in [3.05, 3.63) is 0 Å². The molecule has 122 valence electrons. The van der Waals surface area contributed by atoms with E-state index in [0.29, 0.717) is 19.6 Å². The molecule has 0 amide bonds. The molecule has 1 N–H and O–H groups in total. The van der Waals surface area contributed by atoms with Gasteiger partial charge in [0.1, 0.15) is 6.04 Å². The Labute approximate surface area is 125 Å². The number of hydrogen-bond donors (Lipinski definition) is 1. The molecule has 0 aromatic heterocycles. The molecular weight excluding hydrogens is 298 g/mol. The Kier molecular flexibility index (Phi) is 5.59. The Hall–Kier alpha value is -0.700. The van der Waals surface area contributed by atoms with Crippen LogP contribution in [0.3, 0.4) is 0 Å². The molecule has 0 radical (unpaired) electrons. The molecule has 2 heterocycles. The summed E-state index contributed by atoms with van der Waals surface area (Å²) in [6, 6.07) is -1.03. The van der Waals surface area contributed by atoms with Crippen molar-refractivity contribution in [3.63, 3.8) is 0 Å². The van der Waals surface area contributed by atoms with Crippen molar-refractivity contribution >= 4 is 16.0 Å². The van der Waals surface area contributed by atoms with E-state index in [1.54, 1.807) is 0 Å². The van der Waals surface area contributed by atoms with E-state index in [4.69, 9.17) is 9.47 Å². The van der Waals surface area contributed by atoms with Gasteiger partial charge in [-0.1, -0.05) is 0 Å². The second-order valence-corrected chi connectivity index (χ2v) is 7.47. The fourth-order valence-electron chi connectivity index (χ4n) is 2.93. The first kappa shape index (κ1) is 16.7. The molecule has 0 aromatic carbocycles. The fraction of sp³-hybridized carbons (Fsp3) is 0.923. The van der Waals surface area contributed by atoms with E-state index in [9.17, 15) is 18.3 Å². The molecule has 0 bridgehead atoms. The minimum Gasteiger partial charge on any atom is -0.480 e. The van der Waals surface area contributed by atoms with Crippen LogP contribution in [0, 0.1) is 0 Å². The van der Waals surface area contributed by atoms with Gasteiger partial charge in [0.05, 0.1) is 18.0 Å². The molecule has 1 unspecified atom stereocenters. The van der Waals surface area contributed by atoms with Crippen LogP contribution < -0.4 is 0 Å². The number of ether oxygens (including phenoxy) is 2. The summed E-state index contributed by atoms with van der Waals surface area (Å²) in [6.45, 7) is 2.93. The van der Waals surface area contributed by atoms with Crippen molar-refractivity contribution < 1.29 is 27.8 Å². The fourth-order valence-corrected chi connectivity index (χ4v) is 4.81. The Bertz CT molecular complexity index is 459. The van der Waals surface area contributed by atoms with Crippen molar-refractivity contribution in [2.45, 2.75) is 50.9 Å². The van der Waals surface area contributed by atoms with E-state index in [1.165, 1.54) is 0 Å². The average Bonchev–Trinajstić information content (AvgIpc) is 2.85. The van der Waals surface area contributed by atoms with E-state index in [1.807, 2.05) is 6.92 Å². The SMILES string of the molecule is CCO[C@@H]1C[C@@H](C(=O)O)N(S(=O)(=O)CC2CCCCO2)C1. The van der Waals surface area contributed by atoms with Crippen molar-refractivity contribution in [1.29, 1.82) is 0 Å². The average molecular weight is 321 g/mol. The number of aliphatic carboxylic acids is 1. The van der Waals surface area contributed by atoms with Gasteiger partial charge < -0.3 is 14.6 Å². The molecule has 2 saturated heterocycles. The zero-order chi connectivity index (χ0) is 15.5. The van der Waals surface area contributed by atoms with Crippen LogP contribution in [0.15, 0.2) is 0 Å². The highest BCUT2D eigenvalue weighted by molar-refractivity contribution is 7.89. The lowest BCUT2D eigenvalue weighted by Gasteiger charge is -2.26. The predicted molar refractivity (Wildman–Crippen MR) is 75.5 cm³/mol. The summed E-state index contributed by atoms with van der Waals surface area (Å²) in [4.78, 5) is 11.3. The third-order valence-corrected chi connectivity index (χ3v) is 5.84. The van der Waals surface area contributed by atoms with Crippen molar-refractivity contribution in [2.24, 2.45) is 0 Å². The largest absolute Gasteiger partial charge is 0.480 e. The van der Waals surface area contributed by atoms with Crippen molar-refractivity contribution in [1.82, 2.24) is 4.31 Å². The molecule has 2 fully saturated rings. The van der Waals surface area contributed by atoms with E-state index in [0.717, 1.165) is 17.1 Å². The normalized spacial score (nSPS) is 31.4. The van der Waals surface area contributed by atoms with Crippen molar-refractivity contribution in [2.75, 3.05) is 25.5 Å². The first-order valence-corrected chi connectivity index (χ1v) is 9.00. The van der Waals surface area contributed by atoms with Crippen LogP contribution >= 0.6 is 0 Å². The summed E-state index contributed by atoms with van der Waals surface area (Å²) in [5.74, 6) is -1.26. The monoisotopic (exact) mass is 321 g/mol. The summed E-state index contributed by atoms with van der Waals surface area (Å²) < 4.78 is 36.9. The standard InChI is InChI=1S/C13H23NO6S/c1-2-19-11-7-12(13(15)16)14(8-11)21(17,18)9-10-5-3-4-6-20-10/h10-12H,2-9H2,1H3,(H,15,16)/t10?,11-,12+/m1/s1. The molecular formula is C13H23NO6S. The molecule has 0 aliphatic carbocycles. The second kappa shape index (κ2) is 7.04.